The normalized spacial score (nSPS) is 18.9. The molecule has 0 N–H and O–H groups in total. The first-order chi connectivity index (χ1) is 8.24. The van der Waals surface area contributed by atoms with Crippen LogP contribution >= 0.6 is 0 Å². The highest BCUT2D eigenvalue weighted by Gasteiger charge is 2.30. The van der Waals surface area contributed by atoms with Gasteiger partial charge >= 0.3 is 0 Å². The second-order valence-corrected chi connectivity index (χ2v) is 6.31. The second-order valence-electron chi connectivity index (χ2n) is 3.32. The van der Waals surface area contributed by atoms with Crippen molar-refractivity contribution in [1.82, 2.24) is 0 Å². The second kappa shape index (κ2) is 6.39. The Hall–Kier alpha value is -1.37. The standard InChI is InChI=1S/C11H12N2O2S2/c1-3-4-5-9-8(6-12)11(15-2)10(7-13)17(9)16-14/h3-5H2,1-2H3. The molecule has 0 saturated heterocycles. The molecule has 0 aliphatic carbocycles. The third-order valence-corrected chi connectivity index (χ3v) is 5.52. The zero-order chi connectivity index (χ0) is 12.8. The summed E-state index contributed by atoms with van der Waals surface area (Å²) in [5.41, 5.74) is 0.379. The van der Waals surface area contributed by atoms with Crippen molar-refractivity contribution in [2.45, 2.75) is 26.2 Å². The predicted octanol–water partition coefficient (Wildman–Crippen LogP) is 2.10. The Bertz CT molecular complexity index is 529. The molecule has 0 amide bonds. The number of allylic oxidation sites excluding steroid dienone is 3. The van der Waals surface area contributed by atoms with Gasteiger partial charge in [0, 0.05) is 4.91 Å². The number of methoxy groups -OCH3 is 1. The van der Waals surface area contributed by atoms with Crippen LogP contribution in [0.3, 0.4) is 0 Å². The average molecular weight is 268 g/mol. The molecule has 1 heterocycles. The minimum absolute atomic E-state index is 0.285. The van der Waals surface area contributed by atoms with Gasteiger partial charge in [-0.1, -0.05) is 13.3 Å². The fraction of sp³-hybridized carbons (Fsp3) is 0.455. The van der Waals surface area contributed by atoms with E-state index in [0.29, 0.717) is 27.1 Å². The Morgan fingerprint density at radius 2 is 2.12 bits per heavy atom. The van der Waals surface area contributed by atoms with Crippen LogP contribution in [-0.4, -0.2) is 11.3 Å². The summed E-state index contributed by atoms with van der Waals surface area (Å²) >= 11 is 0. The van der Waals surface area contributed by atoms with Crippen LogP contribution in [0.25, 0.3) is 0 Å². The summed E-state index contributed by atoms with van der Waals surface area (Å²) < 4.78 is 16.2. The molecule has 17 heavy (non-hydrogen) atoms. The largest absolute Gasteiger partial charge is 0.493 e. The van der Waals surface area contributed by atoms with Gasteiger partial charge in [-0.25, -0.2) is 4.21 Å². The van der Waals surface area contributed by atoms with E-state index in [-0.39, 0.29) is 5.76 Å². The topological polar surface area (TPSA) is 73.9 Å². The average Bonchev–Trinajstić information content (AvgIpc) is 2.67. The molecule has 0 spiro atoms. The van der Waals surface area contributed by atoms with E-state index in [4.69, 9.17) is 15.3 Å². The molecule has 0 aromatic carbocycles. The fourth-order valence-electron chi connectivity index (χ4n) is 1.57. The summed E-state index contributed by atoms with van der Waals surface area (Å²) in [5, 5.41) is 18.2. The molecule has 0 saturated carbocycles. The van der Waals surface area contributed by atoms with Gasteiger partial charge in [0.05, 0.1) is 7.11 Å². The first-order valence-corrected chi connectivity index (χ1v) is 7.59. The molecule has 0 bridgehead atoms. The molecule has 1 aliphatic rings. The van der Waals surface area contributed by atoms with Gasteiger partial charge in [0.1, 0.15) is 32.8 Å². The van der Waals surface area contributed by atoms with Crippen LogP contribution in [0.15, 0.2) is 21.1 Å². The molecule has 1 unspecified atom stereocenters. The van der Waals surface area contributed by atoms with E-state index in [0.717, 1.165) is 17.7 Å². The Kier molecular flexibility index (Phi) is 5.14. The number of hydrogen-bond acceptors (Lipinski definition) is 4. The number of hydrogen-bond donors (Lipinski definition) is 0. The molecule has 1 aliphatic heterocycles. The van der Waals surface area contributed by atoms with Crippen LogP contribution < -0.4 is 0 Å². The van der Waals surface area contributed by atoms with E-state index in [1.807, 2.05) is 13.0 Å². The summed E-state index contributed by atoms with van der Waals surface area (Å²) in [5.74, 6) is 0.285. The van der Waals surface area contributed by atoms with Crippen LogP contribution in [-0.2, 0) is 24.4 Å². The molecule has 90 valence electrons. The molecule has 6 heteroatoms. The molecule has 1 rings (SSSR count). The molecular weight excluding hydrogens is 256 g/mol. The van der Waals surface area contributed by atoms with Gasteiger partial charge in [-0.05, 0) is 22.3 Å². The summed E-state index contributed by atoms with van der Waals surface area (Å²) in [6.07, 6.45) is 2.56. The molecule has 0 aromatic heterocycles. The van der Waals surface area contributed by atoms with Crippen molar-refractivity contribution < 1.29 is 8.95 Å². The maximum absolute atomic E-state index is 11.1. The van der Waals surface area contributed by atoms with Crippen molar-refractivity contribution in [2.24, 2.45) is 0 Å². The minimum Gasteiger partial charge on any atom is -0.493 e. The highest BCUT2D eigenvalue weighted by Crippen LogP contribution is 2.35. The summed E-state index contributed by atoms with van der Waals surface area (Å²) in [7, 11) is 0.931. The Labute approximate surface area is 106 Å². The van der Waals surface area contributed by atoms with Gasteiger partial charge in [0.15, 0.2) is 5.76 Å². The Morgan fingerprint density at radius 3 is 2.53 bits per heavy atom. The summed E-state index contributed by atoms with van der Waals surface area (Å²) in [6.45, 7) is 2.04. The van der Waals surface area contributed by atoms with Gasteiger partial charge in [0.2, 0.25) is 0 Å². The van der Waals surface area contributed by atoms with E-state index in [1.54, 1.807) is 0 Å². The maximum atomic E-state index is 11.1. The number of unbranched alkanes of at least 4 members (excludes halogenated alkanes) is 1. The third kappa shape index (κ3) is 2.49. The van der Waals surface area contributed by atoms with Crippen molar-refractivity contribution in [1.29, 1.82) is 10.5 Å². The van der Waals surface area contributed by atoms with Crippen molar-refractivity contribution >= 4 is 19.7 Å². The highest BCUT2D eigenvalue weighted by molar-refractivity contribution is 8.35. The number of nitriles is 2. The van der Waals surface area contributed by atoms with Crippen molar-refractivity contribution in [3.63, 3.8) is 0 Å². The van der Waals surface area contributed by atoms with Crippen LogP contribution in [0.5, 0.6) is 0 Å². The van der Waals surface area contributed by atoms with Gasteiger partial charge in [-0.3, -0.25) is 0 Å². The number of ether oxygens (including phenoxy) is 1. The SMILES string of the molecule is CCCCC1=C(C#N)C(OC)=C(C#N)S1=S=O. The molecule has 4 nitrogen and oxygen atoms in total. The molecule has 1 atom stereocenters. The lowest BCUT2D eigenvalue weighted by atomic mass is 10.1. The smallest absolute Gasteiger partial charge is 0.162 e. The number of nitrogens with zero attached hydrogens (tertiary/aromatic N) is 2. The number of rotatable bonds is 4. The quantitative estimate of drug-likeness (QED) is 0.782. The lowest BCUT2D eigenvalue weighted by molar-refractivity contribution is 0.303. The van der Waals surface area contributed by atoms with Crippen LogP contribution in [0.4, 0.5) is 0 Å². The predicted molar refractivity (Wildman–Crippen MR) is 67.3 cm³/mol. The first-order valence-electron chi connectivity index (χ1n) is 5.11. The molecule has 0 fully saturated rings. The zero-order valence-electron chi connectivity index (χ0n) is 9.65. The Morgan fingerprint density at radius 1 is 1.41 bits per heavy atom. The minimum atomic E-state index is -0.859. The third-order valence-electron chi connectivity index (χ3n) is 2.36. The monoisotopic (exact) mass is 268 g/mol. The van der Waals surface area contributed by atoms with Crippen LogP contribution in [0.1, 0.15) is 26.2 Å². The van der Waals surface area contributed by atoms with Gasteiger partial charge in [-0.2, -0.15) is 10.5 Å². The van der Waals surface area contributed by atoms with Crippen molar-refractivity contribution in [2.75, 3.05) is 7.11 Å². The van der Waals surface area contributed by atoms with E-state index in [1.165, 1.54) is 7.11 Å². The lowest BCUT2D eigenvalue weighted by Gasteiger charge is -2.02. The fourth-order valence-corrected chi connectivity index (χ4v) is 4.35. The zero-order valence-corrected chi connectivity index (χ0v) is 11.3. The van der Waals surface area contributed by atoms with E-state index in [2.05, 4.69) is 6.07 Å². The van der Waals surface area contributed by atoms with Gasteiger partial charge in [-0.15, -0.1) is 0 Å². The highest BCUT2D eigenvalue weighted by atomic mass is 32.8. The van der Waals surface area contributed by atoms with Crippen molar-refractivity contribution in [3.8, 4) is 12.1 Å². The van der Waals surface area contributed by atoms with Crippen molar-refractivity contribution in [3.05, 3.63) is 21.1 Å². The van der Waals surface area contributed by atoms with E-state index in [9.17, 15) is 4.21 Å². The molecule has 0 radical (unpaired) electrons. The van der Waals surface area contributed by atoms with Gasteiger partial charge in [0.25, 0.3) is 0 Å². The maximum Gasteiger partial charge on any atom is 0.162 e. The van der Waals surface area contributed by atoms with Gasteiger partial charge < -0.3 is 4.74 Å². The Balaban J connectivity index is 3.34. The summed E-state index contributed by atoms with van der Waals surface area (Å²) in [6, 6.07) is 4.04. The first kappa shape index (κ1) is 13.7. The van der Waals surface area contributed by atoms with E-state index >= 15 is 0 Å². The van der Waals surface area contributed by atoms with E-state index < -0.39 is 9.45 Å². The molecule has 0 aromatic rings. The van der Waals surface area contributed by atoms with Crippen LogP contribution in [0, 0.1) is 22.7 Å². The molecular formula is C11H12N2O2S2. The summed E-state index contributed by atoms with van der Waals surface area (Å²) in [4.78, 5) is 1.07. The lowest BCUT2D eigenvalue weighted by Crippen LogP contribution is -1.93. The van der Waals surface area contributed by atoms with Crippen LogP contribution in [0.2, 0.25) is 0 Å².